The van der Waals surface area contributed by atoms with E-state index in [0.29, 0.717) is 13.3 Å². The molecule has 1 aromatic rings. The molecule has 2 rings (SSSR count). The van der Waals surface area contributed by atoms with E-state index in [2.05, 4.69) is 5.32 Å². The van der Waals surface area contributed by atoms with Crippen molar-refractivity contribution in [3.63, 3.8) is 0 Å². The van der Waals surface area contributed by atoms with E-state index < -0.39 is 5.60 Å². The summed E-state index contributed by atoms with van der Waals surface area (Å²) < 4.78 is 10.6. The van der Waals surface area contributed by atoms with Crippen LogP contribution in [0, 0.1) is 0 Å². The SMILES string of the molecule is CCC(O)(CC)CNCc1ccc2c(c1)OCO2. The number of rotatable bonds is 6. The Bertz CT molecular complexity index is 402. The summed E-state index contributed by atoms with van der Waals surface area (Å²) in [5, 5.41) is 13.4. The molecule has 4 nitrogen and oxygen atoms in total. The van der Waals surface area contributed by atoms with Gasteiger partial charge in [0, 0.05) is 13.1 Å². The van der Waals surface area contributed by atoms with Crippen molar-refractivity contribution in [2.45, 2.75) is 38.8 Å². The summed E-state index contributed by atoms with van der Waals surface area (Å²) in [6.07, 6.45) is 1.52. The van der Waals surface area contributed by atoms with Crippen molar-refractivity contribution in [1.82, 2.24) is 5.32 Å². The average molecular weight is 251 g/mol. The maximum atomic E-state index is 10.2. The van der Waals surface area contributed by atoms with Crippen LogP contribution in [-0.2, 0) is 6.54 Å². The lowest BCUT2D eigenvalue weighted by molar-refractivity contribution is 0.0323. The first-order valence-electron chi connectivity index (χ1n) is 6.48. The van der Waals surface area contributed by atoms with Gasteiger partial charge in [-0.1, -0.05) is 19.9 Å². The summed E-state index contributed by atoms with van der Waals surface area (Å²) in [7, 11) is 0. The molecule has 1 aliphatic heterocycles. The van der Waals surface area contributed by atoms with Gasteiger partial charge >= 0.3 is 0 Å². The third kappa shape index (κ3) is 2.94. The van der Waals surface area contributed by atoms with Crippen LogP contribution in [0.1, 0.15) is 32.3 Å². The minimum absolute atomic E-state index is 0.303. The molecule has 0 aromatic heterocycles. The van der Waals surface area contributed by atoms with Gasteiger partial charge in [0.1, 0.15) is 0 Å². The van der Waals surface area contributed by atoms with Crippen LogP contribution in [0.4, 0.5) is 0 Å². The summed E-state index contributed by atoms with van der Waals surface area (Å²) in [6.45, 7) is 5.64. The van der Waals surface area contributed by atoms with Gasteiger partial charge < -0.3 is 19.9 Å². The lowest BCUT2D eigenvalue weighted by Gasteiger charge is -2.25. The minimum atomic E-state index is -0.601. The summed E-state index contributed by atoms with van der Waals surface area (Å²) >= 11 is 0. The number of benzene rings is 1. The molecule has 0 spiro atoms. The predicted molar refractivity (Wildman–Crippen MR) is 69.8 cm³/mol. The summed E-state index contributed by atoms with van der Waals surface area (Å²) in [6, 6.07) is 5.91. The first-order valence-corrected chi connectivity index (χ1v) is 6.48. The van der Waals surface area contributed by atoms with Crippen molar-refractivity contribution in [3.05, 3.63) is 23.8 Å². The van der Waals surface area contributed by atoms with Gasteiger partial charge in [0.2, 0.25) is 6.79 Å². The third-order valence-corrected chi connectivity index (χ3v) is 3.54. The van der Waals surface area contributed by atoms with Crippen molar-refractivity contribution >= 4 is 0 Å². The second-order valence-electron chi connectivity index (χ2n) is 4.72. The molecular weight excluding hydrogens is 230 g/mol. The van der Waals surface area contributed by atoms with Crippen LogP contribution in [0.3, 0.4) is 0 Å². The second kappa shape index (κ2) is 5.59. The largest absolute Gasteiger partial charge is 0.454 e. The maximum absolute atomic E-state index is 10.2. The van der Waals surface area contributed by atoms with Crippen LogP contribution in [0.5, 0.6) is 11.5 Å². The van der Waals surface area contributed by atoms with Crippen molar-refractivity contribution in [3.8, 4) is 11.5 Å². The van der Waals surface area contributed by atoms with Crippen LogP contribution in [0.25, 0.3) is 0 Å². The van der Waals surface area contributed by atoms with Crippen LogP contribution in [-0.4, -0.2) is 24.0 Å². The van der Waals surface area contributed by atoms with E-state index >= 15 is 0 Å². The molecule has 0 atom stereocenters. The summed E-state index contributed by atoms with van der Waals surface area (Å²) in [5.74, 6) is 1.60. The van der Waals surface area contributed by atoms with Gasteiger partial charge in [-0.2, -0.15) is 0 Å². The van der Waals surface area contributed by atoms with Crippen molar-refractivity contribution in [1.29, 1.82) is 0 Å². The highest BCUT2D eigenvalue weighted by Crippen LogP contribution is 2.32. The van der Waals surface area contributed by atoms with E-state index in [9.17, 15) is 5.11 Å². The first-order chi connectivity index (χ1) is 8.67. The fourth-order valence-electron chi connectivity index (χ4n) is 1.99. The number of fused-ring (bicyclic) bond motifs is 1. The van der Waals surface area contributed by atoms with Gasteiger partial charge in [-0.15, -0.1) is 0 Å². The number of aliphatic hydroxyl groups is 1. The van der Waals surface area contributed by atoms with Crippen molar-refractivity contribution < 1.29 is 14.6 Å². The third-order valence-electron chi connectivity index (χ3n) is 3.54. The standard InChI is InChI=1S/C14H21NO3/c1-3-14(16,4-2)9-15-8-11-5-6-12-13(7-11)18-10-17-12/h5-7,15-16H,3-4,8-10H2,1-2H3. The zero-order chi connectivity index (χ0) is 13.0. The Morgan fingerprint density at radius 2 is 1.94 bits per heavy atom. The zero-order valence-electron chi connectivity index (χ0n) is 11.0. The molecule has 1 aliphatic rings. The highest BCUT2D eigenvalue weighted by atomic mass is 16.7. The molecule has 0 bridgehead atoms. The van der Waals surface area contributed by atoms with Crippen molar-refractivity contribution in [2.24, 2.45) is 0 Å². The quantitative estimate of drug-likeness (QED) is 0.812. The molecule has 0 amide bonds. The molecule has 2 N–H and O–H groups in total. The number of nitrogens with one attached hydrogen (secondary N) is 1. The molecule has 0 fully saturated rings. The molecule has 1 heterocycles. The van der Waals surface area contributed by atoms with E-state index in [0.717, 1.165) is 36.4 Å². The minimum Gasteiger partial charge on any atom is -0.454 e. The van der Waals surface area contributed by atoms with E-state index in [1.165, 1.54) is 0 Å². The van der Waals surface area contributed by atoms with E-state index in [1.54, 1.807) is 0 Å². The highest BCUT2D eigenvalue weighted by Gasteiger charge is 2.21. The zero-order valence-corrected chi connectivity index (χ0v) is 11.0. The monoisotopic (exact) mass is 251 g/mol. The fourth-order valence-corrected chi connectivity index (χ4v) is 1.99. The Labute approximate surface area is 108 Å². The van der Waals surface area contributed by atoms with Gasteiger partial charge in [0.05, 0.1) is 5.60 Å². The maximum Gasteiger partial charge on any atom is 0.231 e. The van der Waals surface area contributed by atoms with Crippen LogP contribution in [0.15, 0.2) is 18.2 Å². The van der Waals surface area contributed by atoms with Crippen LogP contribution < -0.4 is 14.8 Å². The summed E-state index contributed by atoms with van der Waals surface area (Å²) in [5.41, 5.74) is 0.532. The number of hydrogen-bond donors (Lipinski definition) is 2. The van der Waals surface area contributed by atoms with E-state index in [-0.39, 0.29) is 0 Å². The molecule has 100 valence electrons. The average Bonchev–Trinajstić information content (AvgIpc) is 2.86. The molecule has 0 saturated carbocycles. The van der Waals surface area contributed by atoms with Crippen LogP contribution >= 0.6 is 0 Å². The molecule has 1 aromatic carbocycles. The van der Waals surface area contributed by atoms with Gasteiger partial charge in [-0.05, 0) is 30.5 Å². The molecule has 0 radical (unpaired) electrons. The number of ether oxygens (including phenoxy) is 2. The predicted octanol–water partition coefficient (Wildman–Crippen LogP) is 2.06. The van der Waals surface area contributed by atoms with Gasteiger partial charge in [0.15, 0.2) is 11.5 Å². The first kappa shape index (κ1) is 13.2. The van der Waals surface area contributed by atoms with Gasteiger partial charge in [-0.3, -0.25) is 0 Å². The molecule has 0 saturated heterocycles. The Hall–Kier alpha value is -1.26. The Balaban J connectivity index is 1.87. The molecule has 18 heavy (non-hydrogen) atoms. The van der Waals surface area contributed by atoms with E-state index in [1.807, 2.05) is 32.0 Å². The molecule has 0 aliphatic carbocycles. The Morgan fingerprint density at radius 3 is 2.67 bits per heavy atom. The lowest BCUT2D eigenvalue weighted by Crippen LogP contribution is -2.39. The lowest BCUT2D eigenvalue weighted by atomic mass is 9.97. The highest BCUT2D eigenvalue weighted by molar-refractivity contribution is 5.44. The van der Waals surface area contributed by atoms with Crippen molar-refractivity contribution in [2.75, 3.05) is 13.3 Å². The second-order valence-corrected chi connectivity index (χ2v) is 4.72. The topological polar surface area (TPSA) is 50.7 Å². The van der Waals surface area contributed by atoms with E-state index in [4.69, 9.17) is 9.47 Å². The number of hydrogen-bond acceptors (Lipinski definition) is 4. The Morgan fingerprint density at radius 1 is 1.22 bits per heavy atom. The van der Waals surface area contributed by atoms with Crippen LogP contribution in [0.2, 0.25) is 0 Å². The molecule has 0 unspecified atom stereocenters. The smallest absolute Gasteiger partial charge is 0.231 e. The van der Waals surface area contributed by atoms with Gasteiger partial charge in [-0.25, -0.2) is 0 Å². The fraction of sp³-hybridized carbons (Fsp3) is 0.571. The molecule has 4 heteroatoms. The normalized spacial score (nSPS) is 13.9. The Kier molecular flexibility index (Phi) is 4.09. The van der Waals surface area contributed by atoms with Gasteiger partial charge in [0.25, 0.3) is 0 Å². The molecular formula is C14H21NO3. The summed E-state index contributed by atoms with van der Waals surface area (Å²) in [4.78, 5) is 0.